The number of ether oxygens (including phenoxy) is 1. The Morgan fingerprint density at radius 1 is 1.21 bits per heavy atom. The van der Waals surface area contributed by atoms with Crippen molar-refractivity contribution in [3.8, 4) is 5.75 Å². The number of rotatable bonds is 9. The van der Waals surface area contributed by atoms with Crippen LogP contribution >= 0.6 is 0 Å². The highest BCUT2D eigenvalue weighted by atomic mass is 16.5. The van der Waals surface area contributed by atoms with Gasteiger partial charge in [0.2, 0.25) is 11.8 Å². The van der Waals surface area contributed by atoms with E-state index in [1.807, 2.05) is 0 Å². The number of nitrogens with zero attached hydrogens (tertiary/aromatic N) is 1. The Morgan fingerprint density at radius 3 is 2.71 bits per heavy atom. The number of carboxylic acid groups (broad SMARTS) is 1. The third-order valence-corrected chi connectivity index (χ3v) is 7.14. The number of likely N-dealkylation sites (tertiary alicyclic amines) is 1. The standard InChI is InChI=1S/C24H30BNO8/c1-33-13-15-11-18-21(24(31)26(23(18)30)9-4-2-3-8-20(28)29)17-12-19(34-25(32)22(15)17)14-6-5-7-16(27)10-14/h5-7,10,17-19,21,27,32H,2-4,8-9,11-13H2,1H3,(H,28,29)/t17-,18-,19-,21+/m0/s1. The van der Waals surface area contributed by atoms with Crippen LogP contribution in [0, 0.1) is 17.8 Å². The van der Waals surface area contributed by atoms with Gasteiger partial charge in [0.05, 0.1) is 24.5 Å². The van der Waals surface area contributed by atoms with Crippen molar-refractivity contribution in [3.63, 3.8) is 0 Å². The quantitative estimate of drug-likeness (QED) is 0.283. The molecular formula is C24H30BNO8. The van der Waals surface area contributed by atoms with Crippen molar-refractivity contribution >= 4 is 24.9 Å². The second-order valence-electron chi connectivity index (χ2n) is 9.28. The van der Waals surface area contributed by atoms with E-state index < -0.39 is 31.0 Å². The second-order valence-corrected chi connectivity index (χ2v) is 9.28. The van der Waals surface area contributed by atoms with Crippen LogP contribution in [0.25, 0.3) is 0 Å². The summed E-state index contributed by atoms with van der Waals surface area (Å²) in [5.41, 5.74) is 2.12. The summed E-state index contributed by atoms with van der Waals surface area (Å²) in [6.07, 6.45) is 1.94. The van der Waals surface area contributed by atoms with Crippen molar-refractivity contribution in [2.24, 2.45) is 17.8 Å². The highest BCUT2D eigenvalue weighted by Crippen LogP contribution is 2.51. The van der Waals surface area contributed by atoms with Gasteiger partial charge in [0.25, 0.3) is 0 Å². The number of benzene rings is 1. The van der Waals surface area contributed by atoms with Crippen molar-refractivity contribution in [2.45, 2.75) is 44.6 Å². The van der Waals surface area contributed by atoms with Crippen molar-refractivity contribution in [2.75, 3.05) is 20.3 Å². The van der Waals surface area contributed by atoms with Gasteiger partial charge in [-0.25, -0.2) is 0 Å². The molecule has 3 aliphatic rings. The van der Waals surface area contributed by atoms with Gasteiger partial charge < -0.3 is 24.6 Å². The smallest absolute Gasteiger partial charge is 0.487 e. The summed E-state index contributed by atoms with van der Waals surface area (Å²) in [6, 6.07) is 6.62. The number of methoxy groups -OCH3 is 1. The van der Waals surface area contributed by atoms with Crippen LogP contribution in [0.4, 0.5) is 0 Å². The lowest BCUT2D eigenvalue weighted by Crippen LogP contribution is -2.45. The number of carbonyl (C=O) groups is 3. The number of aliphatic carboxylic acids is 1. The highest BCUT2D eigenvalue weighted by Gasteiger charge is 2.57. The minimum absolute atomic E-state index is 0.0667. The molecule has 4 atom stereocenters. The molecular weight excluding hydrogens is 441 g/mol. The van der Waals surface area contributed by atoms with E-state index in [4.69, 9.17) is 14.5 Å². The number of unbranched alkanes of at least 4 members (excludes halogenated alkanes) is 2. The number of amides is 2. The van der Waals surface area contributed by atoms with Gasteiger partial charge in [-0.2, -0.15) is 0 Å². The lowest BCUT2D eigenvalue weighted by molar-refractivity contribution is -0.141. The Bertz CT molecular complexity index is 995. The van der Waals surface area contributed by atoms with Crippen molar-refractivity contribution < 1.29 is 39.0 Å². The molecule has 4 rings (SSSR count). The van der Waals surface area contributed by atoms with Gasteiger partial charge in [0.15, 0.2) is 0 Å². The molecule has 0 radical (unpaired) electrons. The summed E-state index contributed by atoms with van der Waals surface area (Å²) in [7, 11) is 0.316. The summed E-state index contributed by atoms with van der Waals surface area (Å²) in [5, 5.41) is 29.6. The Kier molecular flexibility index (Phi) is 7.40. The zero-order valence-corrected chi connectivity index (χ0v) is 19.2. The number of imide groups is 1. The third kappa shape index (κ3) is 4.75. The maximum atomic E-state index is 13.4. The Labute approximate surface area is 198 Å². The van der Waals surface area contributed by atoms with E-state index >= 15 is 0 Å². The highest BCUT2D eigenvalue weighted by molar-refractivity contribution is 6.53. The maximum absolute atomic E-state index is 13.4. The number of carboxylic acids is 1. The molecule has 1 aliphatic carbocycles. The van der Waals surface area contributed by atoms with E-state index in [-0.39, 0.29) is 43.1 Å². The number of phenolic OH excluding ortho intramolecular Hbond substituents is 1. The van der Waals surface area contributed by atoms with Gasteiger partial charge in [-0.3, -0.25) is 19.3 Å². The lowest BCUT2D eigenvalue weighted by Gasteiger charge is -2.42. The molecule has 0 aromatic heterocycles. The van der Waals surface area contributed by atoms with E-state index in [1.165, 1.54) is 4.90 Å². The number of hydrogen-bond acceptors (Lipinski definition) is 7. The van der Waals surface area contributed by atoms with E-state index in [9.17, 15) is 24.5 Å². The molecule has 2 saturated heterocycles. The molecule has 2 fully saturated rings. The molecule has 0 saturated carbocycles. The van der Waals surface area contributed by atoms with E-state index in [0.717, 1.165) is 5.57 Å². The SMILES string of the molecule is COCC1=C2B(O)O[C@H](c3cccc(O)c3)C[C@H]2[C@H]2C(=O)N(CCCCCC(=O)O)C(=O)[C@H]2C1. The van der Waals surface area contributed by atoms with Gasteiger partial charge in [0, 0.05) is 20.1 Å². The number of carbonyl (C=O) groups excluding carboxylic acids is 2. The van der Waals surface area contributed by atoms with Crippen molar-refractivity contribution in [1.82, 2.24) is 4.90 Å². The molecule has 0 spiro atoms. The molecule has 0 unspecified atom stereocenters. The van der Waals surface area contributed by atoms with Crippen LogP contribution in [0.1, 0.15) is 50.2 Å². The molecule has 2 amide bonds. The predicted octanol–water partition coefficient (Wildman–Crippen LogP) is 2.08. The predicted molar refractivity (Wildman–Crippen MR) is 121 cm³/mol. The lowest BCUT2D eigenvalue weighted by atomic mass is 9.55. The van der Waals surface area contributed by atoms with Crippen LogP contribution in [-0.2, 0) is 23.8 Å². The van der Waals surface area contributed by atoms with Crippen LogP contribution in [-0.4, -0.2) is 65.3 Å². The summed E-state index contributed by atoms with van der Waals surface area (Å²) >= 11 is 0. The summed E-state index contributed by atoms with van der Waals surface area (Å²) < 4.78 is 11.2. The second kappa shape index (κ2) is 10.3. The number of fused-ring (bicyclic) bond motifs is 3. The average Bonchev–Trinajstić information content (AvgIpc) is 3.03. The van der Waals surface area contributed by atoms with E-state index in [0.29, 0.717) is 43.1 Å². The Hall–Kier alpha value is -2.69. The number of aromatic hydroxyl groups is 1. The van der Waals surface area contributed by atoms with E-state index in [2.05, 4.69) is 0 Å². The Morgan fingerprint density at radius 2 is 2.00 bits per heavy atom. The molecule has 1 aromatic carbocycles. The summed E-state index contributed by atoms with van der Waals surface area (Å²) in [5.74, 6) is -2.70. The molecule has 3 N–H and O–H groups in total. The minimum atomic E-state index is -1.23. The fraction of sp³-hybridized carbons (Fsp3) is 0.542. The van der Waals surface area contributed by atoms with Crippen LogP contribution in [0.15, 0.2) is 35.3 Å². The van der Waals surface area contributed by atoms with Crippen molar-refractivity contribution in [1.29, 1.82) is 0 Å². The van der Waals surface area contributed by atoms with Crippen LogP contribution in [0.3, 0.4) is 0 Å². The minimum Gasteiger partial charge on any atom is -0.508 e. The van der Waals surface area contributed by atoms with Crippen LogP contribution in [0.2, 0.25) is 0 Å². The molecule has 10 heteroatoms. The van der Waals surface area contributed by atoms with E-state index in [1.54, 1.807) is 31.4 Å². The van der Waals surface area contributed by atoms with Crippen molar-refractivity contribution in [3.05, 3.63) is 40.9 Å². The first-order valence-electron chi connectivity index (χ1n) is 11.7. The topological polar surface area (TPSA) is 134 Å². The molecule has 2 aliphatic heterocycles. The van der Waals surface area contributed by atoms with Gasteiger partial charge in [-0.1, -0.05) is 18.6 Å². The Balaban J connectivity index is 1.57. The zero-order chi connectivity index (χ0) is 24.4. The monoisotopic (exact) mass is 471 g/mol. The number of phenols is 1. The molecule has 9 nitrogen and oxygen atoms in total. The van der Waals surface area contributed by atoms with Crippen LogP contribution in [0.5, 0.6) is 5.75 Å². The molecule has 2 heterocycles. The first kappa shape index (κ1) is 24.4. The normalized spacial score (nSPS) is 26.6. The van der Waals surface area contributed by atoms with Gasteiger partial charge in [-0.05, 0) is 60.3 Å². The first-order valence-corrected chi connectivity index (χ1v) is 11.7. The molecule has 182 valence electrons. The third-order valence-electron chi connectivity index (χ3n) is 7.14. The van der Waals surface area contributed by atoms with Crippen LogP contribution < -0.4 is 0 Å². The molecule has 1 aromatic rings. The first-order chi connectivity index (χ1) is 16.3. The van der Waals surface area contributed by atoms with Gasteiger partial charge in [-0.15, -0.1) is 0 Å². The number of hydrogen-bond donors (Lipinski definition) is 3. The summed E-state index contributed by atoms with van der Waals surface area (Å²) in [6.45, 7) is 0.504. The maximum Gasteiger partial charge on any atom is 0.487 e. The molecule has 0 bridgehead atoms. The molecule has 34 heavy (non-hydrogen) atoms. The largest absolute Gasteiger partial charge is 0.508 e. The fourth-order valence-corrected chi connectivity index (χ4v) is 5.67. The summed E-state index contributed by atoms with van der Waals surface area (Å²) in [4.78, 5) is 38.7. The fourth-order valence-electron chi connectivity index (χ4n) is 5.67. The van der Waals surface area contributed by atoms with Gasteiger partial charge >= 0.3 is 13.1 Å². The zero-order valence-electron chi connectivity index (χ0n) is 19.2. The number of allylic oxidation sites excluding steroid dienone is 1. The average molecular weight is 471 g/mol. The van der Waals surface area contributed by atoms with Gasteiger partial charge in [0.1, 0.15) is 5.75 Å².